The Balaban J connectivity index is 4.54. The molecule has 0 aromatic rings. The Labute approximate surface area is 91.4 Å². The maximum atomic E-state index is 12.0. The Kier molecular flexibility index (Phi) is 5.33. The van der Waals surface area contributed by atoms with Gasteiger partial charge in [0.15, 0.2) is 5.78 Å². The largest absolute Gasteiger partial charge is 0.453 e. The van der Waals surface area contributed by atoms with Crippen molar-refractivity contribution >= 4 is 11.9 Å². The van der Waals surface area contributed by atoms with Gasteiger partial charge in [-0.1, -0.05) is 27.7 Å². The van der Waals surface area contributed by atoms with Crippen LogP contribution in [0.3, 0.4) is 0 Å². The molecule has 0 aliphatic carbocycles. The molecule has 15 heavy (non-hydrogen) atoms. The maximum Gasteiger partial charge on any atom is 0.407 e. The first-order valence-corrected chi connectivity index (χ1v) is 5.27. The van der Waals surface area contributed by atoms with E-state index in [0.717, 1.165) is 6.42 Å². The third kappa shape index (κ3) is 3.90. The predicted molar refractivity (Wildman–Crippen MR) is 58.7 cm³/mol. The van der Waals surface area contributed by atoms with Crippen LogP contribution in [0.2, 0.25) is 0 Å². The number of carbonyl (C=O) groups is 2. The summed E-state index contributed by atoms with van der Waals surface area (Å²) in [6, 6.07) is -0.451. The van der Waals surface area contributed by atoms with E-state index in [-0.39, 0.29) is 5.78 Å². The standard InChI is InChI=1S/C11H21NO3/c1-6-8(12-10(14)15-5)9(13)11(3,4)7-2/h8H,6-7H2,1-5H3,(H,12,14)/t8-/m1/s1. The highest BCUT2D eigenvalue weighted by molar-refractivity contribution is 5.91. The van der Waals surface area contributed by atoms with E-state index in [9.17, 15) is 9.59 Å². The smallest absolute Gasteiger partial charge is 0.407 e. The van der Waals surface area contributed by atoms with E-state index in [0.29, 0.717) is 6.42 Å². The number of methoxy groups -OCH3 is 1. The van der Waals surface area contributed by atoms with Gasteiger partial charge in [0.2, 0.25) is 0 Å². The van der Waals surface area contributed by atoms with Crippen molar-refractivity contribution in [2.24, 2.45) is 5.41 Å². The molecule has 88 valence electrons. The van der Waals surface area contributed by atoms with Crippen LogP contribution in [-0.2, 0) is 9.53 Å². The number of amides is 1. The van der Waals surface area contributed by atoms with Gasteiger partial charge < -0.3 is 10.1 Å². The average molecular weight is 215 g/mol. The predicted octanol–water partition coefficient (Wildman–Crippen LogP) is 2.13. The fourth-order valence-electron chi connectivity index (χ4n) is 1.20. The third-order valence-electron chi connectivity index (χ3n) is 2.75. The SMILES string of the molecule is CC[C@@H](NC(=O)OC)C(=O)C(C)(C)CC. The Morgan fingerprint density at radius 1 is 1.33 bits per heavy atom. The van der Waals surface area contributed by atoms with Crippen molar-refractivity contribution in [1.82, 2.24) is 5.32 Å². The molecule has 0 rings (SSSR count). The summed E-state index contributed by atoms with van der Waals surface area (Å²) < 4.78 is 4.48. The van der Waals surface area contributed by atoms with E-state index in [1.54, 1.807) is 0 Å². The van der Waals surface area contributed by atoms with Gasteiger partial charge in [0.05, 0.1) is 13.2 Å². The monoisotopic (exact) mass is 215 g/mol. The van der Waals surface area contributed by atoms with Gasteiger partial charge in [-0.25, -0.2) is 4.79 Å². The zero-order chi connectivity index (χ0) is 12.1. The lowest BCUT2D eigenvalue weighted by atomic mass is 9.81. The molecule has 0 aromatic heterocycles. The maximum absolute atomic E-state index is 12.0. The van der Waals surface area contributed by atoms with Crippen molar-refractivity contribution in [2.75, 3.05) is 7.11 Å². The summed E-state index contributed by atoms with van der Waals surface area (Å²) in [7, 11) is 1.29. The second-order valence-corrected chi connectivity index (χ2v) is 4.20. The molecule has 0 aliphatic rings. The van der Waals surface area contributed by atoms with Gasteiger partial charge in [-0.15, -0.1) is 0 Å². The molecule has 0 bridgehead atoms. The molecule has 4 heteroatoms. The van der Waals surface area contributed by atoms with Crippen LogP contribution in [0.4, 0.5) is 4.79 Å². The van der Waals surface area contributed by atoms with E-state index in [1.165, 1.54) is 7.11 Å². The highest BCUT2D eigenvalue weighted by Gasteiger charge is 2.32. The first-order chi connectivity index (χ1) is 6.88. The number of rotatable bonds is 5. The Bertz CT molecular complexity index is 236. The van der Waals surface area contributed by atoms with Gasteiger partial charge >= 0.3 is 6.09 Å². The number of Topliss-reactive ketones (excluding diaryl/α,β-unsaturated/α-hetero) is 1. The second-order valence-electron chi connectivity index (χ2n) is 4.20. The van der Waals surface area contributed by atoms with Crippen LogP contribution in [0.25, 0.3) is 0 Å². The molecule has 0 unspecified atom stereocenters. The van der Waals surface area contributed by atoms with Crippen molar-refractivity contribution in [2.45, 2.75) is 46.6 Å². The first kappa shape index (κ1) is 13.9. The summed E-state index contributed by atoms with van der Waals surface area (Å²) in [5.74, 6) is 0.0536. The molecule has 4 nitrogen and oxygen atoms in total. The van der Waals surface area contributed by atoms with Gasteiger partial charge in [-0.3, -0.25) is 4.79 Å². The fraction of sp³-hybridized carbons (Fsp3) is 0.818. The van der Waals surface area contributed by atoms with Crippen LogP contribution in [0.15, 0.2) is 0 Å². The number of hydrogen-bond acceptors (Lipinski definition) is 3. The molecule has 0 fully saturated rings. The van der Waals surface area contributed by atoms with Crippen LogP contribution >= 0.6 is 0 Å². The van der Waals surface area contributed by atoms with Crippen molar-refractivity contribution in [1.29, 1.82) is 0 Å². The van der Waals surface area contributed by atoms with Crippen molar-refractivity contribution in [3.05, 3.63) is 0 Å². The first-order valence-electron chi connectivity index (χ1n) is 5.27. The van der Waals surface area contributed by atoms with Crippen LogP contribution in [0.5, 0.6) is 0 Å². The summed E-state index contributed by atoms with van der Waals surface area (Å²) in [6.07, 6.45) is 0.782. The summed E-state index contributed by atoms with van der Waals surface area (Å²) in [5.41, 5.74) is -0.401. The molecule has 1 amide bonds. The topological polar surface area (TPSA) is 55.4 Å². The zero-order valence-electron chi connectivity index (χ0n) is 10.2. The minimum Gasteiger partial charge on any atom is -0.453 e. The fourth-order valence-corrected chi connectivity index (χ4v) is 1.20. The molecule has 0 aromatic carbocycles. The van der Waals surface area contributed by atoms with E-state index in [4.69, 9.17) is 0 Å². The van der Waals surface area contributed by atoms with Crippen molar-refractivity contribution < 1.29 is 14.3 Å². The Hall–Kier alpha value is -1.06. The van der Waals surface area contributed by atoms with E-state index in [1.807, 2.05) is 27.7 Å². The van der Waals surface area contributed by atoms with Crippen molar-refractivity contribution in [3.8, 4) is 0 Å². The summed E-state index contributed by atoms with van der Waals surface area (Å²) >= 11 is 0. The van der Waals surface area contributed by atoms with Gasteiger partial charge in [0.1, 0.15) is 0 Å². The number of carbonyl (C=O) groups excluding carboxylic acids is 2. The van der Waals surface area contributed by atoms with Crippen LogP contribution < -0.4 is 5.32 Å². The van der Waals surface area contributed by atoms with E-state index >= 15 is 0 Å². The summed E-state index contributed by atoms with van der Waals surface area (Å²) in [4.78, 5) is 23.0. The van der Waals surface area contributed by atoms with Gasteiger partial charge in [0, 0.05) is 5.41 Å². The van der Waals surface area contributed by atoms with Gasteiger partial charge in [-0.2, -0.15) is 0 Å². The molecule has 0 spiro atoms. The van der Waals surface area contributed by atoms with E-state index < -0.39 is 17.6 Å². The number of alkyl carbamates (subject to hydrolysis) is 1. The average Bonchev–Trinajstić information content (AvgIpc) is 2.24. The lowest BCUT2D eigenvalue weighted by Gasteiger charge is -2.26. The molecule has 0 radical (unpaired) electrons. The zero-order valence-corrected chi connectivity index (χ0v) is 10.2. The van der Waals surface area contributed by atoms with Crippen LogP contribution in [-0.4, -0.2) is 25.0 Å². The highest BCUT2D eigenvalue weighted by atomic mass is 16.5. The molecule has 0 saturated heterocycles. The number of nitrogens with one attached hydrogen (secondary N) is 1. The van der Waals surface area contributed by atoms with E-state index in [2.05, 4.69) is 10.1 Å². The molecule has 1 N–H and O–H groups in total. The Morgan fingerprint density at radius 2 is 1.87 bits per heavy atom. The van der Waals surface area contributed by atoms with Gasteiger partial charge in [0.25, 0.3) is 0 Å². The summed E-state index contributed by atoms with van der Waals surface area (Å²) in [6.45, 7) is 7.60. The minimum absolute atomic E-state index is 0.0536. The highest BCUT2D eigenvalue weighted by Crippen LogP contribution is 2.23. The second kappa shape index (κ2) is 5.73. The number of hydrogen-bond donors (Lipinski definition) is 1. The lowest BCUT2D eigenvalue weighted by Crippen LogP contribution is -2.45. The van der Waals surface area contributed by atoms with Crippen LogP contribution in [0.1, 0.15) is 40.5 Å². The van der Waals surface area contributed by atoms with Gasteiger partial charge in [-0.05, 0) is 12.8 Å². The Morgan fingerprint density at radius 3 is 2.20 bits per heavy atom. The molecular formula is C11H21NO3. The third-order valence-corrected chi connectivity index (χ3v) is 2.75. The normalized spacial score (nSPS) is 13.1. The quantitative estimate of drug-likeness (QED) is 0.764. The molecule has 1 atom stereocenters. The number of ketones is 1. The molecule has 0 heterocycles. The van der Waals surface area contributed by atoms with Crippen LogP contribution in [0, 0.1) is 5.41 Å². The molecule has 0 saturated carbocycles. The molecule has 0 aliphatic heterocycles. The lowest BCUT2D eigenvalue weighted by molar-refractivity contribution is -0.129. The number of ether oxygens (including phenoxy) is 1. The molecular weight excluding hydrogens is 194 g/mol. The summed E-state index contributed by atoms with van der Waals surface area (Å²) in [5, 5.41) is 2.55. The minimum atomic E-state index is -0.554. The van der Waals surface area contributed by atoms with Crippen molar-refractivity contribution in [3.63, 3.8) is 0 Å².